The molecule has 0 saturated heterocycles. The van der Waals surface area contributed by atoms with Gasteiger partial charge in [-0.3, -0.25) is 10.1 Å². The topological polar surface area (TPSA) is 109 Å². The zero-order valence-electron chi connectivity index (χ0n) is 23.1. The predicted molar refractivity (Wildman–Crippen MR) is 160 cm³/mol. The van der Waals surface area contributed by atoms with Crippen LogP contribution in [-0.2, 0) is 13.0 Å². The van der Waals surface area contributed by atoms with Crippen molar-refractivity contribution in [2.45, 2.75) is 32.2 Å². The van der Waals surface area contributed by atoms with Gasteiger partial charge in [-0.05, 0) is 60.5 Å². The number of rotatable bonds is 10. The predicted octanol–water partition coefficient (Wildman–Crippen LogP) is 6.27. The third-order valence-electron chi connectivity index (χ3n) is 7.72. The first-order valence-corrected chi connectivity index (χ1v) is 14.8. The van der Waals surface area contributed by atoms with Gasteiger partial charge in [-0.1, -0.05) is 11.3 Å². The maximum atomic E-state index is 11.0. The van der Waals surface area contributed by atoms with Gasteiger partial charge in [-0.2, -0.15) is 4.57 Å². The maximum Gasteiger partial charge on any atom is 0.270 e. The summed E-state index contributed by atoms with van der Waals surface area (Å²) in [6, 6.07) is 15.2. The molecule has 2 aliphatic rings. The molecular formula is C31H29N4O6S+. The number of ether oxygens (including phenoxy) is 4. The molecule has 0 bridgehead atoms. The number of hydrogen-bond acceptors (Lipinski definition) is 9. The van der Waals surface area contributed by atoms with Crippen LogP contribution in [-0.4, -0.2) is 37.0 Å². The van der Waals surface area contributed by atoms with Gasteiger partial charge >= 0.3 is 0 Å². The molecule has 0 radical (unpaired) electrons. The van der Waals surface area contributed by atoms with E-state index in [1.807, 2.05) is 6.07 Å². The molecule has 10 nitrogen and oxygen atoms in total. The Balaban J connectivity index is 0.992. The number of hydrogen-bond donors (Lipinski definition) is 1. The number of pyridine rings is 1. The Morgan fingerprint density at radius 1 is 1.10 bits per heavy atom. The lowest BCUT2D eigenvalue weighted by Crippen LogP contribution is -2.40. The van der Waals surface area contributed by atoms with Crippen molar-refractivity contribution >= 4 is 43.1 Å². The number of fused-ring (bicyclic) bond motifs is 6. The zero-order chi connectivity index (χ0) is 28.6. The van der Waals surface area contributed by atoms with Crippen LogP contribution in [0.25, 0.3) is 32.2 Å². The second kappa shape index (κ2) is 11.0. The van der Waals surface area contributed by atoms with Gasteiger partial charge in [-0.15, -0.1) is 0 Å². The van der Waals surface area contributed by atoms with Crippen molar-refractivity contribution in [3.63, 3.8) is 0 Å². The van der Waals surface area contributed by atoms with Gasteiger partial charge in [-0.25, -0.2) is 4.98 Å². The molecule has 1 N–H and O–H groups in total. The summed E-state index contributed by atoms with van der Waals surface area (Å²) in [5.74, 6) is 3.11. The van der Waals surface area contributed by atoms with Crippen molar-refractivity contribution in [3.05, 3.63) is 70.4 Å². The summed E-state index contributed by atoms with van der Waals surface area (Å²) < 4.78 is 26.3. The summed E-state index contributed by atoms with van der Waals surface area (Å²) in [6.07, 6.45) is 5.92. The van der Waals surface area contributed by atoms with E-state index in [-0.39, 0.29) is 17.4 Å². The van der Waals surface area contributed by atoms with Crippen molar-refractivity contribution in [3.8, 4) is 34.3 Å². The van der Waals surface area contributed by atoms with Gasteiger partial charge in [0.1, 0.15) is 0 Å². The molecule has 4 heterocycles. The number of methoxy groups -OCH3 is 1. The average Bonchev–Trinajstić information content (AvgIpc) is 3.64. The second-order valence-corrected chi connectivity index (χ2v) is 11.4. The lowest BCUT2D eigenvalue weighted by molar-refractivity contribution is -0.686. The van der Waals surface area contributed by atoms with E-state index < -0.39 is 0 Å². The number of nitrogens with zero attached hydrogens (tertiary/aromatic N) is 3. The van der Waals surface area contributed by atoms with Crippen molar-refractivity contribution in [2.75, 3.05) is 32.4 Å². The summed E-state index contributed by atoms with van der Waals surface area (Å²) >= 11 is 1.43. The van der Waals surface area contributed by atoms with E-state index in [0.717, 1.165) is 93.6 Å². The van der Waals surface area contributed by atoms with Gasteiger partial charge in [0.05, 0.1) is 39.8 Å². The van der Waals surface area contributed by atoms with Crippen LogP contribution in [0, 0.1) is 10.1 Å². The van der Waals surface area contributed by atoms with Gasteiger partial charge in [0.2, 0.25) is 12.5 Å². The Bertz CT molecular complexity index is 1840. The minimum absolute atomic E-state index is 0.0813. The van der Waals surface area contributed by atoms with Crippen molar-refractivity contribution in [1.29, 1.82) is 0 Å². The highest BCUT2D eigenvalue weighted by molar-refractivity contribution is 7.22. The molecule has 214 valence electrons. The van der Waals surface area contributed by atoms with Gasteiger partial charge in [0.15, 0.2) is 40.9 Å². The maximum absolute atomic E-state index is 11.0. The quantitative estimate of drug-likeness (QED) is 0.0885. The monoisotopic (exact) mass is 585 g/mol. The third-order valence-corrected chi connectivity index (χ3v) is 8.70. The fourth-order valence-electron chi connectivity index (χ4n) is 5.58. The van der Waals surface area contributed by atoms with E-state index in [4.69, 9.17) is 18.9 Å². The number of benzene rings is 3. The van der Waals surface area contributed by atoms with E-state index in [0.29, 0.717) is 6.61 Å². The molecule has 42 heavy (non-hydrogen) atoms. The summed E-state index contributed by atoms with van der Waals surface area (Å²) in [5, 5.41) is 17.3. The van der Waals surface area contributed by atoms with Crippen LogP contribution in [0.5, 0.6) is 23.0 Å². The first-order valence-electron chi connectivity index (χ1n) is 14.0. The molecule has 11 heteroatoms. The molecule has 0 atom stereocenters. The summed E-state index contributed by atoms with van der Waals surface area (Å²) in [5.41, 5.74) is 4.44. The van der Waals surface area contributed by atoms with E-state index in [1.165, 1.54) is 28.5 Å². The second-order valence-electron chi connectivity index (χ2n) is 10.3. The summed E-state index contributed by atoms with van der Waals surface area (Å²) in [7, 11) is 1.67. The zero-order valence-corrected chi connectivity index (χ0v) is 23.9. The molecule has 3 aromatic carbocycles. The molecule has 0 fully saturated rings. The van der Waals surface area contributed by atoms with Gasteiger partial charge in [0.25, 0.3) is 5.69 Å². The fourth-order valence-corrected chi connectivity index (χ4v) is 6.51. The molecule has 0 spiro atoms. The van der Waals surface area contributed by atoms with E-state index in [2.05, 4.69) is 45.3 Å². The number of aryl methyl sites for hydroxylation is 2. The van der Waals surface area contributed by atoms with Crippen LogP contribution in [0.15, 0.2) is 54.7 Å². The molecule has 0 amide bonds. The summed E-state index contributed by atoms with van der Waals surface area (Å²) in [6.45, 7) is 2.48. The lowest BCUT2D eigenvalue weighted by atomic mass is 9.95. The van der Waals surface area contributed by atoms with Crippen LogP contribution in [0.2, 0.25) is 0 Å². The Morgan fingerprint density at radius 2 is 1.98 bits per heavy atom. The highest BCUT2D eigenvalue weighted by Gasteiger charge is 2.28. The number of nitro benzene ring substituents is 1. The number of anilines is 1. The van der Waals surface area contributed by atoms with Crippen LogP contribution < -0.4 is 28.8 Å². The molecule has 0 saturated carbocycles. The Labute approximate surface area is 245 Å². The average molecular weight is 586 g/mol. The van der Waals surface area contributed by atoms with Crippen LogP contribution in [0.3, 0.4) is 0 Å². The minimum atomic E-state index is -0.385. The smallest absolute Gasteiger partial charge is 0.270 e. The third kappa shape index (κ3) is 4.89. The Kier molecular flexibility index (Phi) is 6.87. The molecule has 0 aliphatic carbocycles. The van der Waals surface area contributed by atoms with Crippen molar-refractivity contribution < 1.29 is 28.4 Å². The number of nitrogens with one attached hydrogen (secondary N) is 1. The van der Waals surface area contributed by atoms with Crippen molar-refractivity contribution in [1.82, 2.24) is 4.98 Å². The molecule has 2 aliphatic heterocycles. The largest absolute Gasteiger partial charge is 0.493 e. The van der Waals surface area contributed by atoms with E-state index in [9.17, 15) is 10.1 Å². The van der Waals surface area contributed by atoms with Crippen LogP contribution >= 0.6 is 11.3 Å². The highest BCUT2D eigenvalue weighted by Crippen LogP contribution is 2.41. The Hall–Kier alpha value is -4.64. The SMILES string of the molecule is COc1ccc2cc3[n+](cc2c1OCCCCCNc1nc2ccc([N+](=O)[O-])cc2s1)CCc1cc2c(cc1-3)OCO2. The summed E-state index contributed by atoms with van der Waals surface area (Å²) in [4.78, 5) is 15.2. The lowest BCUT2D eigenvalue weighted by Gasteiger charge is -2.18. The van der Waals surface area contributed by atoms with Crippen LogP contribution in [0.4, 0.5) is 10.8 Å². The number of thiazole rings is 1. The number of aromatic nitrogens is 2. The standard InChI is InChI=1S/C31H29N4O6S/c1-38-26-8-5-19-13-25-22-16-28-27(40-18-41-28)14-20(22)9-11-34(25)17-23(19)30(26)39-12-4-2-3-10-32-31-33-24-7-6-21(35(36)37)15-29(24)42-31/h5-8,13-17H,2-4,9-12,18H2,1H3,(H,32,33)/q+1. The van der Waals surface area contributed by atoms with E-state index >= 15 is 0 Å². The molecule has 0 unspecified atom stereocenters. The normalized spacial score (nSPS) is 13.2. The highest BCUT2D eigenvalue weighted by atomic mass is 32.1. The molecular weight excluding hydrogens is 556 g/mol. The minimum Gasteiger partial charge on any atom is -0.493 e. The Morgan fingerprint density at radius 3 is 2.83 bits per heavy atom. The van der Waals surface area contributed by atoms with Crippen LogP contribution in [0.1, 0.15) is 24.8 Å². The van der Waals surface area contributed by atoms with Gasteiger partial charge < -0.3 is 24.3 Å². The first-order chi connectivity index (χ1) is 20.6. The number of unbranched alkanes of at least 4 members (excludes halogenated alkanes) is 2. The van der Waals surface area contributed by atoms with E-state index in [1.54, 1.807) is 19.2 Å². The molecule has 2 aromatic heterocycles. The van der Waals surface area contributed by atoms with Crippen molar-refractivity contribution in [2.24, 2.45) is 0 Å². The first kappa shape index (κ1) is 26.3. The number of non-ortho nitro benzene ring substituents is 1. The molecule has 7 rings (SSSR count). The fraction of sp³-hybridized carbons (Fsp3) is 0.290. The number of nitro groups is 1. The molecule has 5 aromatic rings. The van der Waals surface area contributed by atoms with Gasteiger partial charge in [0, 0.05) is 31.2 Å².